The van der Waals surface area contributed by atoms with Gasteiger partial charge in [-0.05, 0) is 56.2 Å². The van der Waals surface area contributed by atoms with Crippen LogP contribution in [-0.4, -0.2) is 22.4 Å². The van der Waals surface area contributed by atoms with Crippen molar-refractivity contribution in [3.8, 4) is 0 Å². The summed E-state index contributed by atoms with van der Waals surface area (Å²) in [5.74, 6) is 1.86. The van der Waals surface area contributed by atoms with Gasteiger partial charge in [-0.3, -0.25) is 0 Å². The molecule has 1 N–H and O–H groups in total. The first kappa shape index (κ1) is 9.32. The Hall–Kier alpha value is -0.240. The van der Waals surface area contributed by atoms with Crippen LogP contribution in [0.15, 0.2) is 4.99 Å². The molecule has 0 saturated heterocycles. The first-order valence-corrected chi connectivity index (χ1v) is 5.38. The number of thiocarbonyl (C=S) groups is 1. The Bertz CT molecular complexity index is 247. The van der Waals surface area contributed by atoms with E-state index in [0.717, 1.165) is 12.8 Å². The second-order valence-electron chi connectivity index (χ2n) is 4.42. The third-order valence-electron chi connectivity index (χ3n) is 3.71. The molecule has 2 aliphatic rings. The monoisotopic (exact) mass is 197 g/mol. The zero-order valence-electron chi connectivity index (χ0n) is 7.81. The zero-order chi connectivity index (χ0) is 9.42. The molecule has 2 saturated carbocycles. The number of aliphatic imine (C=N–C) groups is 1. The van der Waals surface area contributed by atoms with Crippen LogP contribution in [0.4, 0.5) is 0 Å². The van der Waals surface area contributed by atoms with Crippen LogP contribution in [-0.2, 0) is 0 Å². The van der Waals surface area contributed by atoms with Gasteiger partial charge in [-0.25, -0.2) is 4.99 Å². The molecule has 0 aromatic carbocycles. The number of fused-ring (bicyclic) bond motifs is 2. The normalized spacial score (nSPS) is 44.5. The molecule has 13 heavy (non-hydrogen) atoms. The van der Waals surface area contributed by atoms with E-state index in [1.807, 2.05) is 6.92 Å². The molecule has 3 heteroatoms. The number of isothiocyanates is 1. The zero-order valence-corrected chi connectivity index (χ0v) is 8.63. The van der Waals surface area contributed by atoms with E-state index in [-0.39, 0.29) is 6.10 Å². The second kappa shape index (κ2) is 3.49. The van der Waals surface area contributed by atoms with Gasteiger partial charge in [0.05, 0.1) is 17.3 Å². The maximum absolute atomic E-state index is 9.52. The van der Waals surface area contributed by atoms with E-state index in [4.69, 9.17) is 0 Å². The molecule has 0 amide bonds. The van der Waals surface area contributed by atoms with Crippen molar-refractivity contribution in [1.82, 2.24) is 0 Å². The van der Waals surface area contributed by atoms with Crippen molar-refractivity contribution in [3.05, 3.63) is 0 Å². The van der Waals surface area contributed by atoms with Crippen LogP contribution in [0.5, 0.6) is 0 Å². The molecular weight excluding hydrogens is 182 g/mol. The largest absolute Gasteiger partial charge is 0.393 e. The van der Waals surface area contributed by atoms with E-state index in [1.165, 1.54) is 6.42 Å². The number of aliphatic hydroxyl groups excluding tert-OH is 1. The van der Waals surface area contributed by atoms with Gasteiger partial charge < -0.3 is 5.11 Å². The molecule has 2 rings (SSSR count). The summed E-state index contributed by atoms with van der Waals surface area (Å²) in [7, 11) is 0. The highest BCUT2D eigenvalue weighted by molar-refractivity contribution is 7.78. The van der Waals surface area contributed by atoms with Gasteiger partial charge in [0.1, 0.15) is 0 Å². The van der Waals surface area contributed by atoms with Gasteiger partial charge in [0.2, 0.25) is 0 Å². The quantitative estimate of drug-likeness (QED) is 0.541. The van der Waals surface area contributed by atoms with Crippen molar-refractivity contribution in [2.45, 2.75) is 38.3 Å². The average Bonchev–Trinajstić information content (AvgIpc) is 2.62. The van der Waals surface area contributed by atoms with E-state index < -0.39 is 0 Å². The van der Waals surface area contributed by atoms with Crippen LogP contribution in [0.2, 0.25) is 0 Å². The smallest absolute Gasteiger partial charge is 0.0633 e. The van der Waals surface area contributed by atoms with E-state index in [0.29, 0.717) is 23.8 Å². The molecule has 0 spiro atoms. The maximum Gasteiger partial charge on any atom is 0.0633 e. The fraction of sp³-hybridized carbons (Fsp3) is 0.900. The van der Waals surface area contributed by atoms with E-state index in [9.17, 15) is 5.11 Å². The van der Waals surface area contributed by atoms with Gasteiger partial charge in [-0.2, -0.15) is 0 Å². The number of aliphatic hydroxyl groups is 1. The summed E-state index contributed by atoms with van der Waals surface area (Å²) in [6, 6.07) is 0.414. The second-order valence-corrected chi connectivity index (χ2v) is 4.60. The highest BCUT2D eigenvalue weighted by Crippen LogP contribution is 2.50. The third-order valence-corrected chi connectivity index (χ3v) is 3.82. The molecule has 72 valence electrons. The molecule has 5 atom stereocenters. The summed E-state index contributed by atoms with van der Waals surface area (Å²) in [5.41, 5.74) is 0. The molecule has 0 aromatic heterocycles. The van der Waals surface area contributed by atoms with Crippen molar-refractivity contribution >= 4 is 17.4 Å². The Labute approximate surface area is 84.1 Å². The van der Waals surface area contributed by atoms with Crippen LogP contribution in [0.25, 0.3) is 0 Å². The fourth-order valence-corrected chi connectivity index (χ4v) is 3.24. The Morgan fingerprint density at radius 1 is 1.38 bits per heavy atom. The van der Waals surface area contributed by atoms with Gasteiger partial charge in [0, 0.05) is 0 Å². The number of hydrogen-bond acceptors (Lipinski definition) is 3. The standard InChI is InChI=1S/C10H15NOS/c1-6(12)9-3-8-2-7(9)4-10(8)11-5-13/h6-10,12H,2-4H2,1H3/t6-,7?,8?,9?,10?/m1/s1. The lowest BCUT2D eigenvalue weighted by molar-refractivity contribution is 0.0874. The fourth-order valence-electron chi connectivity index (χ4n) is 3.11. The Balaban J connectivity index is 2.02. The van der Waals surface area contributed by atoms with Crippen LogP contribution >= 0.6 is 12.2 Å². The van der Waals surface area contributed by atoms with Gasteiger partial charge in [0.25, 0.3) is 0 Å². The van der Waals surface area contributed by atoms with Crippen molar-refractivity contribution in [1.29, 1.82) is 0 Å². The summed E-state index contributed by atoms with van der Waals surface area (Å²) >= 11 is 4.62. The molecule has 2 nitrogen and oxygen atoms in total. The molecular formula is C10H15NOS. The molecule has 2 bridgehead atoms. The number of hydrogen-bond donors (Lipinski definition) is 1. The third kappa shape index (κ3) is 1.56. The lowest BCUT2D eigenvalue weighted by atomic mass is 9.83. The Kier molecular flexibility index (Phi) is 2.50. The molecule has 2 fully saturated rings. The summed E-state index contributed by atoms with van der Waals surface area (Å²) in [4.78, 5) is 4.18. The lowest BCUT2D eigenvalue weighted by Crippen LogP contribution is -2.27. The summed E-state index contributed by atoms with van der Waals surface area (Å²) in [5, 5.41) is 12.0. The van der Waals surface area contributed by atoms with Gasteiger partial charge in [-0.1, -0.05) is 0 Å². The minimum Gasteiger partial charge on any atom is -0.393 e. The van der Waals surface area contributed by atoms with Crippen LogP contribution < -0.4 is 0 Å². The average molecular weight is 197 g/mol. The molecule has 0 radical (unpaired) electrons. The predicted octanol–water partition coefficient (Wildman–Crippen LogP) is 1.88. The predicted molar refractivity (Wildman–Crippen MR) is 54.8 cm³/mol. The molecule has 0 aromatic rings. The minimum absolute atomic E-state index is 0.146. The summed E-state index contributed by atoms with van der Waals surface area (Å²) < 4.78 is 0. The van der Waals surface area contributed by atoms with Crippen LogP contribution in [0, 0.1) is 17.8 Å². The highest BCUT2D eigenvalue weighted by atomic mass is 32.1. The van der Waals surface area contributed by atoms with Crippen LogP contribution in [0.1, 0.15) is 26.2 Å². The lowest BCUT2D eigenvalue weighted by Gasteiger charge is -2.27. The Morgan fingerprint density at radius 2 is 2.15 bits per heavy atom. The molecule has 4 unspecified atom stereocenters. The Morgan fingerprint density at radius 3 is 2.62 bits per heavy atom. The summed E-state index contributed by atoms with van der Waals surface area (Å²) in [6.45, 7) is 1.91. The van der Waals surface area contributed by atoms with Crippen molar-refractivity contribution in [3.63, 3.8) is 0 Å². The SMILES string of the molecule is C[C@@H](O)C1CC2CC1CC2N=C=S. The first-order chi connectivity index (χ1) is 6.22. The van der Waals surface area contributed by atoms with Crippen molar-refractivity contribution < 1.29 is 5.11 Å². The van der Waals surface area contributed by atoms with Gasteiger partial charge >= 0.3 is 0 Å². The summed E-state index contributed by atoms with van der Waals surface area (Å²) in [6.07, 6.45) is 3.34. The van der Waals surface area contributed by atoms with Crippen LogP contribution in [0.3, 0.4) is 0 Å². The molecule has 0 heterocycles. The molecule has 0 aliphatic heterocycles. The molecule has 2 aliphatic carbocycles. The highest BCUT2D eigenvalue weighted by Gasteiger charge is 2.47. The first-order valence-electron chi connectivity index (χ1n) is 4.97. The van der Waals surface area contributed by atoms with E-state index in [2.05, 4.69) is 22.4 Å². The number of nitrogens with zero attached hydrogens (tertiary/aromatic N) is 1. The number of rotatable bonds is 2. The minimum atomic E-state index is -0.146. The maximum atomic E-state index is 9.52. The van der Waals surface area contributed by atoms with Gasteiger partial charge in [-0.15, -0.1) is 0 Å². The van der Waals surface area contributed by atoms with Crippen molar-refractivity contribution in [2.24, 2.45) is 22.7 Å². The van der Waals surface area contributed by atoms with E-state index >= 15 is 0 Å². The van der Waals surface area contributed by atoms with E-state index in [1.54, 1.807) is 0 Å². The van der Waals surface area contributed by atoms with Gasteiger partial charge in [0.15, 0.2) is 0 Å². The topological polar surface area (TPSA) is 32.6 Å². The van der Waals surface area contributed by atoms with Crippen molar-refractivity contribution in [2.75, 3.05) is 0 Å².